The second-order valence-electron chi connectivity index (χ2n) is 6.18. The monoisotopic (exact) mass is 401 g/mol. The van der Waals surface area contributed by atoms with Crippen LogP contribution in [0, 0.1) is 20.8 Å². The van der Waals surface area contributed by atoms with E-state index in [1.807, 2.05) is 26.2 Å². The lowest BCUT2D eigenvalue weighted by atomic mass is 10.1. The van der Waals surface area contributed by atoms with Crippen molar-refractivity contribution < 1.29 is 13.2 Å². The highest BCUT2D eigenvalue weighted by molar-refractivity contribution is 7.92. The number of hydrogen-bond donors (Lipinski definition) is 2. The third-order valence-corrected chi connectivity index (χ3v) is 6.28. The van der Waals surface area contributed by atoms with Crippen LogP contribution in [-0.4, -0.2) is 19.3 Å². The lowest BCUT2D eigenvalue weighted by Crippen LogP contribution is -2.14. The number of carbonyl (C=O) groups is 1. The van der Waals surface area contributed by atoms with Gasteiger partial charge in [0.1, 0.15) is 0 Å². The van der Waals surface area contributed by atoms with Crippen molar-refractivity contribution in [1.29, 1.82) is 0 Å². The number of aryl methyl sites for hydroxylation is 3. The van der Waals surface area contributed by atoms with Crippen molar-refractivity contribution in [2.24, 2.45) is 0 Å². The zero-order valence-electron chi connectivity index (χ0n) is 15.1. The predicted molar refractivity (Wildman–Crippen MR) is 108 cm³/mol. The molecule has 1 heterocycles. The highest BCUT2D eigenvalue weighted by Gasteiger charge is 2.15. The topological polar surface area (TPSA) is 88.2 Å². The number of hydrogen-bond acceptors (Lipinski definition) is 5. The van der Waals surface area contributed by atoms with Crippen LogP contribution in [0.25, 0.3) is 0 Å². The van der Waals surface area contributed by atoms with E-state index < -0.39 is 10.0 Å². The molecule has 8 heteroatoms. The van der Waals surface area contributed by atoms with Crippen molar-refractivity contribution in [3.8, 4) is 0 Å². The van der Waals surface area contributed by atoms with Gasteiger partial charge < -0.3 is 0 Å². The Morgan fingerprint density at radius 2 is 1.70 bits per heavy atom. The summed E-state index contributed by atoms with van der Waals surface area (Å²) in [5.74, 6) is -0.298. The van der Waals surface area contributed by atoms with E-state index in [9.17, 15) is 13.2 Å². The maximum Gasteiger partial charge on any atom is 0.261 e. The molecule has 0 bridgehead atoms. The minimum Gasteiger partial charge on any atom is -0.298 e. The molecule has 0 radical (unpaired) electrons. The van der Waals surface area contributed by atoms with Gasteiger partial charge >= 0.3 is 0 Å². The Hall–Kier alpha value is -2.71. The molecule has 1 aromatic heterocycles. The van der Waals surface area contributed by atoms with Gasteiger partial charge in [0.05, 0.1) is 10.6 Å². The molecule has 27 heavy (non-hydrogen) atoms. The van der Waals surface area contributed by atoms with Crippen LogP contribution in [0.4, 0.5) is 10.8 Å². The first-order valence-corrected chi connectivity index (χ1v) is 10.5. The van der Waals surface area contributed by atoms with Gasteiger partial charge in [-0.1, -0.05) is 6.07 Å². The number of thiazole rings is 1. The highest BCUT2D eigenvalue weighted by atomic mass is 32.2. The van der Waals surface area contributed by atoms with Crippen LogP contribution in [-0.2, 0) is 10.0 Å². The van der Waals surface area contributed by atoms with Crippen LogP contribution in [0.5, 0.6) is 0 Å². The number of carbonyl (C=O) groups excluding carboxylic acids is 1. The largest absolute Gasteiger partial charge is 0.298 e. The van der Waals surface area contributed by atoms with Crippen molar-refractivity contribution in [3.63, 3.8) is 0 Å². The molecule has 0 saturated heterocycles. The van der Waals surface area contributed by atoms with Crippen LogP contribution < -0.4 is 10.0 Å². The molecule has 0 spiro atoms. The fourth-order valence-electron chi connectivity index (χ4n) is 2.37. The molecule has 3 aromatic rings. The molecular formula is C19H19N3O3S2. The van der Waals surface area contributed by atoms with Gasteiger partial charge in [-0.2, -0.15) is 0 Å². The van der Waals surface area contributed by atoms with Crippen LogP contribution in [0.1, 0.15) is 27.2 Å². The molecule has 1 amide bonds. The maximum absolute atomic E-state index is 12.5. The molecule has 6 nitrogen and oxygen atoms in total. The molecular weight excluding hydrogens is 382 g/mol. The Balaban J connectivity index is 1.73. The number of benzene rings is 2. The predicted octanol–water partition coefficient (Wildman–Crippen LogP) is 4.12. The summed E-state index contributed by atoms with van der Waals surface area (Å²) >= 11 is 1.35. The Labute approximate surface area is 162 Å². The van der Waals surface area contributed by atoms with Crippen molar-refractivity contribution in [3.05, 3.63) is 70.2 Å². The normalized spacial score (nSPS) is 11.2. The SMILES string of the molecule is Cc1csc(NC(=O)c2ccc(NS(=O)(=O)c3ccc(C)c(C)c3)cc2)n1. The summed E-state index contributed by atoms with van der Waals surface area (Å²) < 4.78 is 27.6. The third kappa shape index (κ3) is 4.53. The average molecular weight is 402 g/mol. The summed E-state index contributed by atoms with van der Waals surface area (Å²) in [6.45, 7) is 5.64. The Kier molecular flexibility index (Phi) is 5.29. The van der Waals surface area contributed by atoms with Gasteiger partial charge in [-0.25, -0.2) is 13.4 Å². The van der Waals surface area contributed by atoms with Crippen LogP contribution >= 0.6 is 11.3 Å². The molecule has 0 unspecified atom stereocenters. The van der Waals surface area contributed by atoms with Gasteiger partial charge in [-0.3, -0.25) is 14.8 Å². The van der Waals surface area contributed by atoms with Gasteiger partial charge in [0, 0.05) is 16.6 Å². The molecule has 2 aromatic carbocycles. The highest BCUT2D eigenvalue weighted by Crippen LogP contribution is 2.20. The fraction of sp³-hybridized carbons (Fsp3) is 0.158. The molecule has 3 rings (SSSR count). The van der Waals surface area contributed by atoms with Gasteiger partial charge in [0.25, 0.3) is 15.9 Å². The van der Waals surface area contributed by atoms with E-state index >= 15 is 0 Å². The van der Waals surface area contributed by atoms with E-state index in [4.69, 9.17) is 0 Å². The number of sulfonamides is 1. The number of nitrogens with zero attached hydrogens (tertiary/aromatic N) is 1. The lowest BCUT2D eigenvalue weighted by molar-refractivity contribution is 0.102. The number of anilines is 2. The Bertz CT molecular complexity index is 1090. The van der Waals surface area contributed by atoms with Crippen molar-refractivity contribution in [2.75, 3.05) is 10.0 Å². The van der Waals surface area contributed by atoms with E-state index in [1.54, 1.807) is 42.5 Å². The summed E-state index contributed by atoms with van der Waals surface area (Å²) in [5.41, 5.74) is 3.57. The molecule has 0 aliphatic carbocycles. The molecule has 0 fully saturated rings. The molecule has 0 atom stereocenters. The standard InChI is InChI=1S/C19H19N3O3S2/c1-12-4-9-17(10-13(12)2)27(24,25)22-16-7-5-15(6-8-16)18(23)21-19-20-14(3)11-26-19/h4-11,22H,1-3H3,(H,20,21,23). The summed E-state index contributed by atoms with van der Waals surface area (Å²) in [6.07, 6.45) is 0. The number of rotatable bonds is 5. The molecule has 0 aliphatic heterocycles. The smallest absolute Gasteiger partial charge is 0.261 e. The van der Waals surface area contributed by atoms with Crippen LogP contribution in [0.15, 0.2) is 52.7 Å². The first-order chi connectivity index (χ1) is 12.7. The average Bonchev–Trinajstić information content (AvgIpc) is 3.02. The fourth-order valence-corrected chi connectivity index (χ4v) is 4.19. The maximum atomic E-state index is 12.5. The summed E-state index contributed by atoms with van der Waals surface area (Å²) in [4.78, 5) is 16.6. The second-order valence-corrected chi connectivity index (χ2v) is 8.72. The number of amides is 1. The van der Waals surface area contributed by atoms with Crippen molar-refractivity contribution in [2.45, 2.75) is 25.7 Å². The summed E-state index contributed by atoms with van der Waals surface area (Å²) in [6, 6.07) is 11.2. The van der Waals surface area contributed by atoms with E-state index in [2.05, 4.69) is 15.0 Å². The van der Waals surface area contributed by atoms with Crippen molar-refractivity contribution >= 4 is 38.1 Å². The Morgan fingerprint density at radius 3 is 2.30 bits per heavy atom. The minimum atomic E-state index is -3.69. The van der Waals surface area contributed by atoms with E-state index in [0.29, 0.717) is 16.4 Å². The lowest BCUT2D eigenvalue weighted by Gasteiger charge is -2.10. The van der Waals surface area contributed by atoms with Crippen LogP contribution in [0.2, 0.25) is 0 Å². The number of aromatic nitrogens is 1. The molecule has 0 aliphatic rings. The van der Waals surface area contributed by atoms with E-state index in [0.717, 1.165) is 16.8 Å². The zero-order valence-corrected chi connectivity index (χ0v) is 16.7. The molecule has 0 saturated carbocycles. The first kappa shape index (κ1) is 19.1. The van der Waals surface area contributed by atoms with Gasteiger partial charge in [-0.05, 0) is 68.3 Å². The van der Waals surface area contributed by atoms with Crippen LogP contribution in [0.3, 0.4) is 0 Å². The van der Waals surface area contributed by atoms with Crippen molar-refractivity contribution in [1.82, 2.24) is 4.98 Å². The van der Waals surface area contributed by atoms with Gasteiger partial charge in [-0.15, -0.1) is 11.3 Å². The Morgan fingerprint density at radius 1 is 1.00 bits per heavy atom. The summed E-state index contributed by atoms with van der Waals surface area (Å²) in [7, 11) is -3.69. The zero-order chi connectivity index (χ0) is 19.6. The molecule has 140 valence electrons. The van der Waals surface area contributed by atoms with Gasteiger partial charge in [0.2, 0.25) is 0 Å². The summed E-state index contributed by atoms with van der Waals surface area (Å²) in [5, 5.41) is 5.09. The van der Waals surface area contributed by atoms with E-state index in [-0.39, 0.29) is 10.8 Å². The number of nitrogens with one attached hydrogen (secondary N) is 2. The third-order valence-electron chi connectivity index (χ3n) is 4.03. The second kappa shape index (κ2) is 7.50. The minimum absolute atomic E-state index is 0.201. The quantitative estimate of drug-likeness (QED) is 0.673. The van der Waals surface area contributed by atoms with E-state index in [1.165, 1.54) is 11.3 Å². The first-order valence-electron chi connectivity index (χ1n) is 8.18. The van der Waals surface area contributed by atoms with Gasteiger partial charge in [0.15, 0.2) is 5.13 Å². The molecule has 2 N–H and O–H groups in total.